The summed E-state index contributed by atoms with van der Waals surface area (Å²) in [5, 5.41) is 3.36. The lowest BCUT2D eigenvalue weighted by Gasteiger charge is -2.08. The van der Waals surface area contributed by atoms with Crippen molar-refractivity contribution < 1.29 is 4.74 Å². The average molecular weight is 241 g/mol. The summed E-state index contributed by atoms with van der Waals surface area (Å²) in [6.45, 7) is 4.96. The van der Waals surface area contributed by atoms with Gasteiger partial charge < -0.3 is 10.1 Å². The number of ether oxygens (including phenoxy) is 1. The second kappa shape index (κ2) is 6.10. The Balaban J connectivity index is 1.99. The van der Waals surface area contributed by atoms with Crippen molar-refractivity contribution in [2.45, 2.75) is 20.3 Å². The van der Waals surface area contributed by atoms with Crippen molar-refractivity contribution in [3.63, 3.8) is 0 Å². The van der Waals surface area contributed by atoms with E-state index in [1.807, 2.05) is 24.3 Å². The number of hydrogen-bond acceptors (Lipinski definition) is 2. The molecule has 0 unspecified atom stereocenters. The van der Waals surface area contributed by atoms with Crippen LogP contribution >= 0.6 is 0 Å². The maximum Gasteiger partial charge on any atom is 0.119 e. The quantitative estimate of drug-likeness (QED) is 0.830. The third kappa shape index (κ3) is 3.52. The summed E-state index contributed by atoms with van der Waals surface area (Å²) >= 11 is 0. The first-order valence-electron chi connectivity index (χ1n) is 6.34. The van der Waals surface area contributed by atoms with Crippen LogP contribution in [0.5, 0.6) is 5.75 Å². The molecule has 0 bridgehead atoms. The zero-order valence-corrected chi connectivity index (χ0v) is 10.9. The van der Waals surface area contributed by atoms with Gasteiger partial charge in [0.15, 0.2) is 0 Å². The summed E-state index contributed by atoms with van der Waals surface area (Å²) in [6.07, 6.45) is 1.03. The molecule has 0 aliphatic carbocycles. The lowest BCUT2D eigenvalue weighted by atomic mass is 10.2. The molecule has 2 aromatic carbocycles. The van der Waals surface area contributed by atoms with Crippen LogP contribution in [-0.4, -0.2) is 6.61 Å². The molecule has 0 fully saturated rings. The van der Waals surface area contributed by atoms with Gasteiger partial charge in [-0.15, -0.1) is 0 Å². The molecular formula is C16H19NO. The van der Waals surface area contributed by atoms with Crippen molar-refractivity contribution in [2.24, 2.45) is 0 Å². The van der Waals surface area contributed by atoms with E-state index in [0.717, 1.165) is 30.2 Å². The van der Waals surface area contributed by atoms with Gasteiger partial charge in [-0.05, 0) is 49.7 Å². The highest BCUT2D eigenvalue weighted by atomic mass is 16.5. The molecule has 2 aromatic rings. The van der Waals surface area contributed by atoms with Gasteiger partial charge in [0.05, 0.1) is 6.61 Å². The maximum absolute atomic E-state index is 5.55. The van der Waals surface area contributed by atoms with E-state index in [4.69, 9.17) is 4.74 Å². The molecule has 2 heteroatoms. The molecule has 0 heterocycles. The van der Waals surface area contributed by atoms with Gasteiger partial charge in [0.2, 0.25) is 0 Å². The lowest BCUT2D eigenvalue weighted by molar-refractivity contribution is 0.317. The molecule has 0 radical (unpaired) electrons. The fourth-order valence-electron chi connectivity index (χ4n) is 1.66. The van der Waals surface area contributed by atoms with E-state index in [1.165, 1.54) is 5.56 Å². The van der Waals surface area contributed by atoms with Crippen molar-refractivity contribution in [1.29, 1.82) is 0 Å². The molecule has 0 aliphatic heterocycles. The molecule has 0 aliphatic rings. The number of aryl methyl sites for hydroxylation is 1. The van der Waals surface area contributed by atoms with Gasteiger partial charge in [0.1, 0.15) is 5.75 Å². The van der Waals surface area contributed by atoms with Crippen molar-refractivity contribution in [3.05, 3.63) is 54.1 Å². The monoisotopic (exact) mass is 241 g/mol. The van der Waals surface area contributed by atoms with E-state index in [0.29, 0.717) is 0 Å². The highest BCUT2D eigenvalue weighted by molar-refractivity contribution is 5.60. The Hall–Kier alpha value is -1.96. The van der Waals surface area contributed by atoms with Crippen LogP contribution in [0.2, 0.25) is 0 Å². The number of benzene rings is 2. The minimum atomic E-state index is 0.769. The first-order valence-corrected chi connectivity index (χ1v) is 6.34. The average Bonchev–Trinajstić information content (AvgIpc) is 2.41. The van der Waals surface area contributed by atoms with Gasteiger partial charge in [-0.2, -0.15) is 0 Å². The van der Waals surface area contributed by atoms with Crippen LogP contribution in [0.3, 0.4) is 0 Å². The Morgan fingerprint density at radius 1 is 0.889 bits per heavy atom. The minimum absolute atomic E-state index is 0.769. The molecule has 0 saturated carbocycles. The molecule has 94 valence electrons. The summed E-state index contributed by atoms with van der Waals surface area (Å²) in [5.41, 5.74) is 3.44. The Bertz CT molecular complexity index is 473. The standard InChI is InChI=1S/C16H19NO/c1-3-12-18-16-10-8-15(9-11-16)17-14-6-4-13(2)5-7-14/h4-11,17H,3,12H2,1-2H3. The van der Waals surface area contributed by atoms with Gasteiger partial charge >= 0.3 is 0 Å². The molecule has 1 N–H and O–H groups in total. The summed E-state index contributed by atoms with van der Waals surface area (Å²) in [4.78, 5) is 0. The Labute approximate surface area is 109 Å². The predicted octanol–water partition coefficient (Wildman–Crippen LogP) is 4.53. The molecule has 0 saturated heterocycles. The van der Waals surface area contributed by atoms with Crippen LogP contribution in [0.15, 0.2) is 48.5 Å². The van der Waals surface area contributed by atoms with E-state index in [2.05, 4.69) is 43.4 Å². The van der Waals surface area contributed by atoms with Gasteiger partial charge in [0.25, 0.3) is 0 Å². The summed E-state index contributed by atoms with van der Waals surface area (Å²) < 4.78 is 5.55. The van der Waals surface area contributed by atoms with Crippen molar-refractivity contribution in [2.75, 3.05) is 11.9 Å². The third-order valence-corrected chi connectivity index (χ3v) is 2.67. The van der Waals surface area contributed by atoms with Crippen LogP contribution < -0.4 is 10.1 Å². The molecule has 2 rings (SSSR count). The second-order valence-corrected chi connectivity index (χ2v) is 4.36. The van der Waals surface area contributed by atoms with Crippen LogP contribution in [0.4, 0.5) is 11.4 Å². The van der Waals surface area contributed by atoms with Gasteiger partial charge in [-0.3, -0.25) is 0 Å². The van der Waals surface area contributed by atoms with E-state index >= 15 is 0 Å². The van der Waals surface area contributed by atoms with Crippen molar-refractivity contribution >= 4 is 11.4 Å². The molecular weight excluding hydrogens is 222 g/mol. The minimum Gasteiger partial charge on any atom is -0.494 e. The highest BCUT2D eigenvalue weighted by Crippen LogP contribution is 2.20. The Kier molecular flexibility index (Phi) is 4.24. The Morgan fingerprint density at radius 3 is 2.00 bits per heavy atom. The molecule has 0 amide bonds. The summed E-state index contributed by atoms with van der Waals surface area (Å²) in [5.74, 6) is 0.923. The van der Waals surface area contributed by atoms with Crippen LogP contribution in [0.1, 0.15) is 18.9 Å². The van der Waals surface area contributed by atoms with Crippen LogP contribution in [-0.2, 0) is 0 Å². The number of anilines is 2. The molecule has 0 atom stereocenters. The van der Waals surface area contributed by atoms with E-state index in [1.54, 1.807) is 0 Å². The lowest BCUT2D eigenvalue weighted by Crippen LogP contribution is -1.95. The first-order chi connectivity index (χ1) is 8.78. The number of nitrogens with one attached hydrogen (secondary N) is 1. The highest BCUT2D eigenvalue weighted by Gasteiger charge is 1.96. The van der Waals surface area contributed by atoms with E-state index in [9.17, 15) is 0 Å². The maximum atomic E-state index is 5.55. The van der Waals surface area contributed by atoms with Gasteiger partial charge in [-0.25, -0.2) is 0 Å². The topological polar surface area (TPSA) is 21.3 Å². The molecule has 0 spiro atoms. The third-order valence-electron chi connectivity index (χ3n) is 2.67. The number of rotatable bonds is 5. The van der Waals surface area contributed by atoms with E-state index < -0.39 is 0 Å². The summed E-state index contributed by atoms with van der Waals surface area (Å²) in [7, 11) is 0. The smallest absolute Gasteiger partial charge is 0.119 e. The van der Waals surface area contributed by atoms with Crippen molar-refractivity contribution in [1.82, 2.24) is 0 Å². The molecule has 2 nitrogen and oxygen atoms in total. The fraction of sp³-hybridized carbons (Fsp3) is 0.250. The first kappa shape index (κ1) is 12.5. The van der Waals surface area contributed by atoms with Crippen LogP contribution in [0.25, 0.3) is 0 Å². The largest absolute Gasteiger partial charge is 0.494 e. The molecule has 18 heavy (non-hydrogen) atoms. The Morgan fingerprint density at radius 2 is 1.44 bits per heavy atom. The molecule has 0 aromatic heterocycles. The normalized spacial score (nSPS) is 10.1. The zero-order valence-electron chi connectivity index (χ0n) is 10.9. The zero-order chi connectivity index (χ0) is 12.8. The van der Waals surface area contributed by atoms with E-state index in [-0.39, 0.29) is 0 Å². The van der Waals surface area contributed by atoms with Crippen molar-refractivity contribution in [3.8, 4) is 5.75 Å². The summed E-state index contributed by atoms with van der Waals surface area (Å²) in [6, 6.07) is 16.4. The van der Waals surface area contributed by atoms with Gasteiger partial charge in [0, 0.05) is 11.4 Å². The van der Waals surface area contributed by atoms with Crippen LogP contribution in [0, 0.1) is 6.92 Å². The fourth-order valence-corrected chi connectivity index (χ4v) is 1.66. The second-order valence-electron chi connectivity index (χ2n) is 4.36. The van der Waals surface area contributed by atoms with Gasteiger partial charge in [-0.1, -0.05) is 24.6 Å². The number of hydrogen-bond donors (Lipinski definition) is 1. The predicted molar refractivity (Wildman–Crippen MR) is 76.7 cm³/mol. The SMILES string of the molecule is CCCOc1ccc(Nc2ccc(C)cc2)cc1.